The molecule has 100 valence electrons. The number of methoxy groups -OCH3 is 2. The SMILES string of the molecule is COc1cccc(OC)c1-c1ccc(F)c(CN)c1. The van der Waals surface area contributed by atoms with Gasteiger partial charge in [0, 0.05) is 12.1 Å². The number of halogens is 1. The fourth-order valence-corrected chi connectivity index (χ4v) is 2.02. The van der Waals surface area contributed by atoms with E-state index in [2.05, 4.69) is 0 Å². The van der Waals surface area contributed by atoms with Crippen molar-refractivity contribution in [1.82, 2.24) is 0 Å². The molecule has 0 aromatic heterocycles. The second kappa shape index (κ2) is 5.71. The van der Waals surface area contributed by atoms with Crippen molar-refractivity contribution in [3.63, 3.8) is 0 Å². The number of rotatable bonds is 4. The topological polar surface area (TPSA) is 44.5 Å². The van der Waals surface area contributed by atoms with Gasteiger partial charge in [0.15, 0.2) is 0 Å². The molecular weight excluding hydrogens is 245 g/mol. The summed E-state index contributed by atoms with van der Waals surface area (Å²) in [6, 6.07) is 10.3. The summed E-state index contributed by atoms with van der Waals surface area (Å²) < 4.78 is 24.2. The first-order valence-electron chi connectivity index (χ1n) is 5.91. The van der Waals surface area contributed by atoms with Gasteiger partial charge in [-0.3, -0.25) is 0 Å². The zero-order valence-electron chi connectivity index (χ0n) is 10.9. The quantitative estimate of drug-likeness (QED) is 0.920. The van der Waals surface area contributed by atoms with E-state index in [1.165, 1.54) is 6.07 Å². The molecule has 0 spiro atoms. The lowest BCUT2D eigenvalue weighted by Crippen LogP contribution is -2.00. The summed E-state index contributed by atoms with van der Waals surface area (Å²) in [5.41, 5.74) is 7.61. The minimum Gasteiger partial charge on any atom is -0.496 e. The van der Waals surface area contributed by atoms with Gasteiger partial charge in [-0.15, -0.1) is 0 Å². The maximum atomic E-state index is 13.5. The van der Waals surface area contributed by atoms with E-state index in [4.69, 9.17) is 15.2 Å². The predicted octanol–water partition coefficient (Wildman–Crippen LogP) is 2.97. The molecule has 0 aliphatic heterocycles. The van der Waals surface area contributed by atoms with Crippen molar-refractivity contribution in [2.45, 2.75) is 6.54 Å². The van der Waals surface area contributed by atoms with Crippen LogP contribution in [-0.4, -0.2) is 14.2 Å². The second-order valence-electron chi connectivity index (χ2n) is 4.05. The lowest BCUT2D eigenvalue weighted by atomic mass is 10.0. The highest BCUT2D eigenvalue weighted by molar-refractivity contribution is 5.77. The molecular formula is C15H16FNO2. The van der Waals surface area contributed by atoms with Crippen LogP contribution in [0.3, 0.4) is 0 Å². The number of nitrogens with two attached hydrogens (primary N) is 1. The van der Waals surface area contributed by atoms with Crippen molar-refractivity contribution < 1.29 is 13.9 Å². The molecule has 0 saturated heterocycles. The third-order valence-electron chi connectivity index (χ3n) is 2.98. The summed E-state index contributed by atoms with van der Waals surface area (Å²) >= 11 is 0. The normalized spacial score (nSPS) is 10.3. The lowest BCUT2D eigenvalue weighted by molar-refractivity contribution is 0.397. The van der Waals surface area contributed by atoms with E-state index in [9.17, 15) is 4.39 Å². The molecule has 0 atom stereocenters. The Morgan fingerprint density at radius 1 is 1.05 bits per heavy atom. The van der Waals surface area contributed by atoms with Crippen LogP contribution >= 0.6 is 0 Å². The van der Waals surface area contributed by atoms with Crippen LogP contribution in [0.1, 0.15) is 5.56 Å². The van der Waals surface area contributed by atoms with E-state index in [0.29, 0.717) is 17.1 Å². The summed E-state index contributed by atoms with van der Waals surface area (Å²) in [6.07, 6.45) is 0. The summed E-state index contributed by atoms with van der Waals surface area (Å²) in [4.78, 5) is 0. The molecule has 0 amide bonds. The Hall–Kier alpha value is -2.07. The highest BCUT2D eigenvalue weighted by Gasteiger charge is 2.13. The van der Waals surface area contributed by atoms with Gasteiger partial charge in [0.25, 0.3) is 0 Å². The highest BCUT2D eigenvalue weighted by atomic mass is 19.1. The molecule has 19 heavy (non-hydrogen) atoms. The molecule has 3 nitrogen and oxygen atoms in total. The Morgan fingerprint density at radius 3 is 2.21 bits per heavy atom. The summed E-state index contributed by atoms with van der Waals surface area (Å²) in [5.74, 6) is 1.04. The van der Waals surface area contributed by atoms with Crippen LogP contribution in [-0.2, 0) is 6.54 Å². The third kappa shape index (κ3) is 2.53. The average Bonchev–Trinajstić information content (AvgIpc) is 2.47. The fourth-order valence-electron chi connectivity index (χ4n) is 2.02. The largest absolute Gasteiger partial charge is 0.496 e. The van der Waals surface area contributed by atoms with Crippen LogP contribution in [0.4, 0.5) is 4.39 Å². The minimum absolute atomic E-state index is 0.150. The summed E-state index contributed by atoms with van der Waals surface area (Å²) in [7, 11) is 3.18. The Kier molecular flexibility index (Phi) is 4.02. The van der Waals surface area contributed by atoms with E-state index in [0.717, 1.165) is 11.1 Å². The van der Waals surface area contributed by atoms with Gasteiger partial charge in [-0.2, -0.15) is 0 Å². The lowest BCUT2D eigenvalue weighted by Gasteiger charge is -2.14. The van der Waals surface area contributed by atoms with Crippen LogP contribution in [0.25, 0.3) is 11.1 Å². The van der Waals surface area contributed by atoms with Gasteiger partial charge >= 0.3 is 0 Å². The van der Waals surface area contributed by atoms with Crippen molar-refractivity contribution in [2.75, 3.05) is 14.2 Å². The maximum Gasteiger partial charge on any atom is 0.130 e. The van der Waals surface area contributed by atoms with Gasteiger partial charge < -0.3 is 15.2 Å². The molecule has 0 fully saturated rings. The van der Waals surface area contributed by atoms with Crippen molar-refractivity contribution >= 4 is 0 Å². The van der Waals surface area contributed by atoms with Crippen molar-refractivity contribution in [3.05, 3.63) is 47.8 Å². The number of ether oxygens (including phenoxy) is 2. The Labute approximate surface area is 111 Å². The Balaban J connectivity index is 2.63. The summed E-state index contributed by atoms with van der Waals surface area (Å²) in [5, 5.41) is 0. The smallest absolute Gasteiger partial charge is 0.130 e. The molecule has 2 N–H and O–H groups in total. The van der Waals surface area contributed by atoms with E-state index in [1.807, 2.05) is 18.2 Å². The first kappa shape index (κ1) is 13.4. The van der Waals surface area contributed by atoms with Crippen LogP contribution in [0.15, 0.2) is 36.4 Å². The second-order valence-corrected chi connectivity index (χ2v) is 4.05. The standard InChI is InChI=1S/C15H16FNO2/c1-18-13-4-3-5-14(19-2)15(13)10-6-7-12(16)11(8-10)9-17/h3-8H,9,17H2,1-2H3. The van der Waals surface area contributed by atoms with Crippen molar-refractivity contribution in [2.24, 2.45) is 5.73 Å². The molecule has 0 aliphatic carbocycles. The zero-order valence-corrected chi connectivity index (χ0v) is 10.9. The van der Waals surface area contributed by atoms with Crippen LogP contribution in [0.2, 0.25) is 0 Å². The van der Waals surface area contributed by atoms with Crippen LogP contribution < -0.4 is 15.2 Å². The molecule has 2 rings (SSSR count). The molecule has 0 unspecified atom stereocenters. The van der Waals surface area contributed by atoms with E-state index in [1.54, 1.807) is 26.4 Å². The molecule has 0 bridgehead atoms. The Bertz CT molecular complexity index is 562. The Morgan fingerprint density at radius 2 is 1.68 bits per heavy atom. The van der Waals surface area contributed by atoms with Gasteiger partial charge in [-0.05, 0) is 29.8 Å². The van der Waals surface area contributed by atoms with E-state index in [-0.39, 0.29) is 12.4 Å². The molecule has 0 aliphatic rings. The van der Waals surface area contributed by atoms with Gasteiger partial charge in [-0.25, -0.2) is 4.39 Å². The zero-order chi connectivity index (χ0) is 13.8. The van der Waals surface area contributed by atoms with Gasteiger partial charge in [0.05, 0.1) is 19.8 Å². The molecule has 2 aromatic rings. The summed E-state index contributed by atoms with van der Waals surface area (Å²) in [6.45, 7) is 0.150. The fraction of sp³-hybridized carbons (Fsp3) is 0.200. The third-order valence-corrected chi connectivity index (χ3v) is 2.98. The van der Waals surface area contributed by atoms with Gasteiger partial charge in [0.2, 0.25) is 0 Å². The number of benzene rings is 2. The number of hydrogen-bond donors (Lipinski definition) is 1. The first-order valence-corrected chi connectivity index (χ1v) is 5.91. The van der Waals surface area contributed by atoms with Gasteiger partial charge in [-0.1, -0.05) is 12.1 Å². The monoisotopic (exact) mass is 261 g/mol. The number of hydrogen-bond acceptors (Lipinski definition) is 3. The van der Waals surface area contributed by atoms with Crippen LogP contribution in [0.5, 0.6) is 11.5 Å². The van der Waals surface area contributed by atoms with Crippen LogP contribution in [0, 0.1) is 5.82 Å². The predicted molar refractivity (Wildman–Crippen MR) is 72.8 cm³/mol. The van der Waals surface area contributed by atoms with Gasteiger partial charge in [0.1, 0.15) is 17.3 Å². The molecule has 0 saturated carbocycles. The minimum atomic E-state index is -0.305. The molecule has 4 heteroatoms. The van der Waals surface area contributed by atoms with Crippen molar-refractivity contribution in [1.29, 1.82) is 0 Å². The van der Waals surface area contributed by atoms with Crippen molar-refractivity contribution in [3.8, 4) is 22.6 Å². The molecule has 2 aromatic carbocycles. The maximum absolute atomic E-state index is 13.5. The van der Waals surface area contributed by atoms with E-state index < -0.39 is 0 Å². The molecule has 0 radical (unpaired) electrons. The van der Waals surface area contributed by atoms with E-state index >= 15 is 0 Å². The molecule has 0 heterocycles. The average molecular weight is 261 g/mol. The highest BCUT2D eigenvalue weighted by Crippen LogP contribution is 2.38. The first-order chi connectivity index (χ1) is 9.21.